The largest absolute Gasteiger partial charge is 0.353 e. The summed E-state index contributed by atoms with van der Waals surface area (Å²) in [6.45, 7) is 2.15. The average molecular weight is 340 g/mol. The van der Waals surface area contributed by atoms with Crippen LogP contribution in [0.5, 0.6) is 0 Å². The van der Waals surface area contributed by atoms with Gasteiger partial charge in [0.25, 0.3) is 0 Å². The minimum atomic E-state index is 0.214. The van der Waals surface area contributed by atoms with Crippen LogP contribution in [0, 0.1) is 0 Å². The number of halogens is 2. The zero-order chi connectivity index (χ0) is 13.8. The molecule has 0 aliphatic carbocycles. The minimum absolute atomic E-state index is 0.214. The van der Waals surface area contributed by atoms with E-state index in [-0.39, 0.29) is 6.04 Å². The predicted molar refractivity (Wildman–Crippen MR) is 85.1 cm³/mol. The molecule has 0 spiro atoms. The van der Waals surface area contributed by atoms with Crippen molar-refractivity contribution in [1.29, 1.82) is 0 Å². The number of anilines is 1. The molecule has 4 heteroatoms. The molecule has 1 unspecified atom stereocenters. The smallest absolute Gasteiger partial charge is 0.132 e. The summed E-state index contributed by atoms with van der Waals surface area (Å²) in [6.07, 6.45) is 1.82. The molecular weight excluding hydrogens is 324 g/mol. The molecule has 0 N–H and O–H groups in total. The van der Waals surface area contributed by atoms with Crippen LogP contribution in [-0.4, -0.2) is 12.0 Å². The normalized spacial score (nSPS) is 12.2. The van der Waals surface area contributed by atoms with Crippen LogP contribution in [0.3, 0.4) is 0 Å². The summed E-state index contributed by atoms with van der Waals surface area (Å²) in [5, 5.41) is 1.56. The molecule has 0 saturated heterocycles. The van der Waals surface area contributed by atoms with Gasteiger partial charge in [-0.1, -0.05) is 45.7 Å². The molecule has 2 aromatic rings. The third-order valence-electron chi connectivity index (χ3n) is 3.26. The van der Waals surface area contributed by atoms with Crippen LogP contribution in [-0.2, 0) is 5.33 Å². The minimum Gasteiger partial charge on any atom is -0.353 e. The second kappa shape index (κ2) is 6.40. The van der Waals surface area contributed by atoms with Crippen LogP contribution in [0.25, 0.3) is 0 Å². The SMILES string of the molecule is CC(c1cccc(Cl)c1)N(C)c1ncccc1CBr. The van der Waals surface area contributed by atoms with E-state index < -0.39 is 0 Å². The Balaban J connectivity index is 2.30. The summed E-state index contributed by atoms with van der Waals surface area (Å²) >= 11 is 9.56. The zero-order valence-electron chi connectivity index (χ0n) is 11.0. The van der Waals surface area contributed by atoms with E-state index in [1.54, 1.807) is 0 Å². The van der Waals surface area contributed by atoms with Crippen LogP contribution in [0.15, 0.2) is 42.6 Å². The Hall–Kier alpha value is -1.06. The number of aromatic nitrogens is 1. The monoisotopic (exact) mass is 338 g/mol. The lowest BCUT2D eigenvalue weighted by atomic mass is 10.1. The standard InChI is InChI=1S/C15H16BrClN2/c1-11(12-5-3-7-14(17)9-12)19(2)15-13(10-16)6-4-8-18-15/h3-9,11H,10H2,1-2H3. The van der Waals surface area contributed by atoms with Crippen LogP contribution in [0.4, 0.5) is 5.82 Å². The number of hydrogen-bond donors (Lipinski definition) is 0. The lowest BCUT2D eigenvalue weighted by molar-refractivity contribution is 0.726. The third-order valence-corrected chi connectivity index (χ3v) is 4.10. The fraction of sp³-hybridized carbons (Fsp3) is 0.267. The first kappa shape index (κ1) is 14.4. The highest BCUT2D eigenvalue weighted by Gasteiger charge is 2.16. The quantitative estimate of drug-likeness (QED) is 0.742. The van der Waals surface area contributed by atoms with E-state index in [1.807, 2.05) is 30.5 Å². The Morgan fingerprint density at radius 3 is 2.79 bits per heavy atom. The zero-order valence-corrected chi connectivity index (χ0v) is 13.3. The van der Waals surface area contributed by atoms with Crippen molar-refractivity contribution in [2.75, 3.05) is 11.9 Å². The molecule has 19 heavy (non-hydrogen) atoms. The van der Waals surface area contributed by atoms with E-state index in [0.717, 1.165) is 16.2 Å². The number of pyridine rings is 1. The highest BCUT2D eigenvalue weighted by atomic mass is 79.9. The topological polar surface area (TPSA) is 16.1 Å². The molecule has 1 aromatic carbocycles. The van der Waals surface area contributed by atoms with Gasteiger partial charge in [-0.25, -0.2) is 4.98 Å². The van der Waals surface area contributed by atoms with Gasteiger partial charge in [-0.3, -0.25) is 0 Å². The van der Waals surface area contributed by atoms with Crippen LogP contribution in [0.2, 0.25) is 5.02 Å². The first-order chi connectivity index (χ1) is 9.13. The summed E-state index contributed by atoms with van der Waals surface area (Å²) in [5.74, 6) is 0.992. The lowest BCUT2D eigenvalue weighted by Gasteiger charge is -2.28. The molecule has 0 aliphatic rings. The third kappa shape index (κ3) is 3.28. The van der Waals surface area contributed by atoms with Crippen molar-refractivity contribution in [2.24, 2.45) is 0 Å². The second-order valence-corrected chi connectivity index (χ2v) is 5.46. The predicted octanol–water partition coefficient (Wildman–Crippen LogP) is 4.83. The van der Waals surface area contributed by atoms with Gasteiger partial charge in [-0.15, -0.1) is 0 Å². The van der Waals surface area contributed by atoms with Gasteiger partial charge in [0.15, 0.2) is 0 Å². The summed E-state index contributed by atoms with van der Waals surface area (Å²) in [7, 11) is 2.06. The van der Waals surface area contributed by atoms with Crippen molar-refractivity contribution in [3.63, 3.8) is 0 Å². The number of rotatable bonds is 4. The highest BCUT2D eigenvalue weighted by Crippen LogP contribution is 2.28. The van der Waals surface area contributed by atoms with Crippen LogP contribution >= 0.6 is 27.5 Å². The van der Waals surface area contributed by atoms with Gasteiger partial charge < -0.3 is 4.90 Å². The second-order valence-electron chi connectivity index (χ2n) is 4.46. The maximum absolute atomic E-state index is 6.06. The number of nitrogens with zero attached hydrogens (tertiary/aromatic N) is 2. The molecule has 1 atom stereocenters. The number of alkyl halides is 1. The number of benzene rings is 1. The molecule has 0 saturated carbocycles. The van der Waals surface area contributed by atoms with Gasteiger partial charge in [0.05, 0.1) is 6.04 Å². The summed E-state index contributed by atoms with van der Waals surface area (Å²) in [5.41, 5.74) is 2.36. The maximum Gasteiger partial charge on any atom is 0.132 e. The molecule has 0 aliphatic heterocycles. The van der Waals surface area contributed by atoms with Gasteiger partial charge >= 0.3 is 0 Å². The van der Waals surface area contributed by atoms with E-state index in [0.29, 0.717) is 0 Å². The van der Waals surface area contributed by atoms with Crippen LogP contribution < -0.4 is 4.90 Å². The van der Waals surface area contributed by atoms with Crippen molar-refractivity contribution in [2.45, 2.75) is 18.3 Å². The van der Waals surface area contributed by atoms with E-state index in [9.17, 15) is 0 Å². The van der Waals surface area contributed by atoms with E-state index >= 15 is 0 Å². The highest BCUT2D eigenvalue weighted by molar-refractivity contribution is 9.08. The fourth-order valence-corrected chi connectivity index (χ4v) is 2.66. The summed E-state index contributed by atoms with van der Waals surface area (Å²) in [6, 6.07) is 12.2. The Bertz CT molecular complexity index is 559. The summed E-state index contributed by atoms with van der Waals surface area (Å²) in [4.78, 5) is 6.65. The maximum atomic E-state index is 6.06. The van der Waals surface area contributed by atoms with Crippen molar-refractivity contribution in [1.82, 2.24) is 4.98 Å². The molecule has 0 fully saturated rings. The van der Waals surface area contributed by atoms with Gasteiger partial charge in [0.2, 0.25) is 0 Å². The molecule has 0 bridgehead atoms. The van der Waals surface area contributed by atoms with E-state index in [1.165, 1.54) is 11.1 Å². The molecule has 2 rings (SSSR count). The molecule has 2 nitrogen and oxygen atoms in total. The molecule has 0 amide bonds. The van der Waals surface area contributed by atoms with Gasteiger partial charge in [-0.2, -0.15) is 0 Å². The van der Waals surface area contributed by atoms with Gasteiger partial charge in [-0.05, 0) is 30.7 Å². The molecule has 1 aromatic heterocycles. The molecular formula is C15H16BrClN2. The average Bonchev–Trinajstić information content (AvgIpc) is 2.45. The molecule has 1 heterocycles. The Kier molecular flexibility index (Phi) is 4.83. The lowest BCUT2D eigenvalue weighted by Crippen LogP contribution is -2.23. The van der Waals surface area contributed by atoms with E-state index in [4.69, 9.17) is 11.6 Å². The van der Waals surface area contributed by atoms with Crippen molar-refractivity contribution in [3.8, 4) is 0 Å². The van der Waals surface area contributed by atoms with E-state index in [2.05, 4.69) is 51.9 Å². The Labute approximate surface area is 127 Å². The fourth-order valence-electron chi connectivity index (χ4n) is 2.03. The van der Waals surface area contributed by atoms with Crippen molar-refractivity contribution >= 4 is 33.3 Å². The summed E-state index contributed by atoms with van der Waals surface area (Å²) < 4.78 is 0. The van der Waals surface area contributed by atoms with Gasteiger partial charge in [0.1, 0.15) is 5.82 Å². The van der Waals surface area contributed by atoms with Crippen LogP contribution in [0.1, 0.15) is 24.1 Å². The van der Waals surface area contributed by atoms with Gasteiger partial charge in [0, 0.05) is 29.2 Å². The first-order valence-corrected chi connectivity index (χ1v) is 7.61. The molecule has 0 radical (unpaired) electrons. The van der Waals surface area contributed by atoms with Crippen molar-refractivity contribution in [3.05, 3.63) is 58.7 Å². The first-order valence-electron chi connectivity index (χ1n) is 6.11. The molecule has 100 valence electrons. The Morgan fingerprint density at radius 2 is 2.11 bits per heavy atom. The van der Waals surface area contributed by atoms with Crippen molar-refractivity contribution < 1.29 is 0 Å². The Morgan fingerprint density at radius 1 is 1.32 bits per heavy atom. The number of hydrogen-bond acceptors (Lipinski definition) is 2.